The van der Waals surface area contributed by atoms with Crippen LogP contribution in [-0.2, 0) is 11.3 Å². The van der Waals surface area contributed by atoms with E-state index < -0.39 is 11.4 Å². The maximum atomic E-state index is 11.3. The lowest BCUT2D eigenvalue weighted by Gasteiger charge is -2.18. The number of carbonyl (C=O) groups is 1. The summed E-state index contributed by atoms with van der Waals surface area (Å²) in [7, 11) is 0. The highest BCUT2D eigenvalue weighted by Gasteiger charge is 2.26. The molecular formula is C32H36N2O2. The zero-order valence-electron chi connectivity index (χ0n) is 21.4. The van der Waals surface area contributed by atoms with E-state index in [1.54, 1.807) is 0 Å². The number of imidazole rings is 1. The predicted octanol–water partition coefficient (Wildman–Crippen LogP) is 8.34. The minimum atomic E-state index is -0.710. The van der Waals surface area contributed by atoms with Crippen LogP contribution in [0.25, 0.3) is 33.9 Å². The third-order valence-corrected chi connectivity index (χ3v) is 6.86. The molecule has 0 amide bonds. The van der Waals surface area contributed by atoms with Gasteiger partial charge >= 0.3 is 5.97 Å². The fourth-order valence-electron chi connectivity index (χ4n) is 4.64. The van der Waals surface area contributed by atoms with E-state index in [1.165, 1.54) is 5.56 Å². The molecule has 186 valence electrons. The molecule has 0 aliphatic heterocycles. The number of carboxylic acids is 1. The Morgan fingerprint density at radius 1 is 0.722 bits per heavy atom. The Hall–Kier alpha value is -3.66. The first kappa shape index (κ1) is 25.4. The third kappa shape index (κ3) is 6.12. The minimum Gasteiger partial charge on any atom is -0.481 e. The van der Waals surface area contributed by atoms with Gasteiger partial charge in [0.25, 0.3) is 0 Å². The normalized spacial score (nSPS) is 11.5. The summed E-state index contributed by atoms with van der Waals surface area (Å²) < 4.78 is 2.39. The van der Waals surface area contributed by atoms with Gasteiger partial charge in [0, 0.05) is 23.2 Å². The van der Waals surface area contributed by atoms with Gasteiger partial charge in [-0.2, -0.15) is 0 Å². The van der Waals surface area contributed by atoms with Gasteiger partial charge in [-0.25, -0.2) is 4.98 Å². The number of unbranched alkanes of at least 4 members (excludes halogenated alkanes) is 4. The van der Waals surface area contributed by atoms with Gasteiger partial charge in [0.05, 0.1) is 16.8 Å². The van der Waals surface area contributed by atoms with Crippen molar-refractivity contribution in [1.82, 2.24) is 9.55 Å². The minimum absolute atomic E-state index is 0.639. The van der Waals surface area contributed by atoms with Gasteiger partial charge in [-0.1, -0.05) is 117 Å². The van der Waals surface area contributed by atoms with Crippen molar-refractivity contribution in [2.45, 2.75) is 58.9 Å². The smallest absolute Gasteiger partial charge is 0.309 e. The van der Waals surface area contributed by atoms with E-state index in [9.17, 15) is 9.90 Å². The molecule has 0 unspecified atom stereocenters. The Labute approximate surface area is 214 Å². The Kier molecular flexibility index (Phi) is 8.37. The predicted molar refractivity (Wildman–Crippen MR) is 148 cm³/mol. The summed E-state index contributed by atoms with van der Waals surface area (Å²) in [5.74, 6) is 0.287. The molecule has 0 aliphatic rings. The molecule has 1 aromatic heterocycles. The van der Waals surface area contributed by atoms with Crippen LogP contribution in [0.15, 0.2) is 91.0 Å². The van der Waals surface area contributed by atoms with Gasteiger partial charge < -0.3 is 9.67 Å². The molecule has 0 saturated heterocycles. The van der Waals surface area contributed by atoms with Crippen LogP contribution >= 0.6 is 0 Å². The van der Waals surface area contributed by atoms with Crippen molar-refractivity contribution in [3.8, 4) is 33.9 Å². The molecule has 0 fully saturated rings. The van der Waals surface area contributed by atoms with Crippen molar-refractivity contribution in [3.63, 3.8) is 0 Å². The van der Waals surface area contributed by atoms with Crippen molar-refractivity contribution in [3.05, 3.63) is 91.0 Å². The van der Waals surface area contributed by atoms with Crippen molar-refractivity contribution in [2.24, 2.45) is 5.41 Å². The number of carboxylic acid groups (broad SMARTS) is 1. The van der Waals surface area contributed by atoms with Crippen LogP contribution in [0.5, 0.6) is 0 Å². The SMILES string of the molecule is CC(C)(CCCCCCCn1c(-c2ccccc2)nc(-c2ccccc2)c1-c1ccccc1)C(=O)O. The zero-order chi connectivity index (χ0) is 25.4. The molecule has 1 N–H and O–H groups in total. The highest BCUT2D eigenvalue weighted by Crippen LogP contribution is 2.36. The topological polar surface area (TPSA) is 55.1 Å². The van der Waals surface area contributed by atoms with Gasteiger partial charge in [-0.3, -0.25) is 4.79 Å². The van der Waals surface area contributed by atoms with E-state index in [2.05, 4.69) is 83.4 Å². The van der Waals surface area contributed by atoms with Gasteiger partial charge in [0.15, 0.2) is 0 Å². The molecule has 0 saturated carbocycles. The highest BCUT2D eigenvalue weighted by atomic mass is 16.4. The number of benzene rings is 3. The molecule has 0 radical (unpaired) electrons. The fourth-order valence-corrected chi connectivity index (χ4v) is 4.64. The van der Waals surface area contributed by atoms with Crippen molar-refractivity contribution >= 4 is 5.97 Å². The maximum Gasteiger partial charge on any atom is 0.309 e. The van der Waals surface area contributed by atoms with Crippen LogP contribution < -0.4 is 0 Å². The first-order valence-corrected chi connectivity index (χ1v) is 13.0. The van der Waals surface area contributed by atoms with Crippen molar-refractivity contribution in [1.29, 1.82) is 0 Å². The molecule has 4 nitrogen and oxygen atoms in total. The summed E-state index contributed by atoms with van der Waals surface area (Å²) >= 11 is 0. The van der Waals surface area contributed by atoms with Crippen LogP contribution in [0.3, 0.4) is 0 Å². The number of aliphatic carboxylic acids is 1. The summed E-state index contributed by atoms with van der Waals surface area (Å²) in [6.45, 7) is 4.51. The van der Waals surface area contributed by atoms with Crippen LogP contribution in [0.1, 0.15) is 52.4 Å². The lowest BCUT2D eigenvalue weighted by Crippen LogP contribution is -2.23. The van der Waals surface area contributed by atoms with E-state index in [4.69, 9.17) is 4.98 Å². The molecule has 3 aromatic carbocycles. The lowest BCUT2D eigenvalue weighted by molar-refractivity contribution is -0.147. The van der Waals surface area contributed by atoms with Crippen molar-refractivity contribution < 1.29 is 9.90 Å². The molecule has 4 heteroatoms. The van der Waals surface area contributed by atoms with E-state index in [0.29, 0.717) is 0 Å². The lowest BCUT2D eigenvalue weighted by atomic mass is 9.87. The van der Waals surface area contributed by atoms with E-state index in [0.717, 1.165) is 73.4 Å². The second-order valence-corrected chi connectivity index (χ2v) is 10.1. The van der Waals surface area contributed by atoms with Crippen LogP contribution in [0, 0.1) is 5.41 Å². The number of rotatable bonds is 12. The number of hydrogen-bond donors (Lipinski definition) is 1. The molecule has 4 aromatic rings. The first-order valence-electron chi connectivity index (χ1n) is 13.0. The summed E-state index contributed by atoms with van der Waals surface area (Å²) in [4.78, 5) is 16.5. The summed E-state index contributed by atoms with van der Waals surface area (Å²) in [6.07, 6.45) is 6.00. The molecule has 1 heterocycles. The summed E-state index contributed by atoms with van der Waals surface area (Å²) in [5.41, 5.74) is 4.93. The second-order valence-electron chi connectivity index (χ2n) is 10.1. The Bertz CT molecular complexity index is 1250. The second kappa shape index (κ2) is 11.9. The number of nitrogens with zero attached hydrogens (tertiary/aromatic N) is 2. The standard InChI is InChI=1S/C32H36N2O2/c1-32(2,31(35)36)23-15-4-3-5-16-24-34-29(26-19-11-7-12-20-26)28(25-17-9-6-10-18-25)33-30(34)27-21-13-8-14-22-27/h6-14,17-22H,3-5,15-16,23-24H2,1-2H3,(H,35,36). The Balaban J connectivity index is 1.58. The molecule has 0 bridgehead atoms. The Morgan fingerprint density at radius 3 is 1.81 bits per heavy atom. The van der Waals surface area contributed by atoms with Gasteiger partial charge in [0.1, 0.15) is 5.82 Å². The monoisotopic (exact) mass is 480 g/mol. The molecule has 4 rings (SSSR count). The molecule has 0 atom stereocenters. The van der Waals surface area contributed by atoms with Gasteiger partial charge in [-0.05, 0) is 26.7 Å². The average Bonchev–Trinajstić information content (AvgIpc) is 3.29. The molecule has 0 spiro atoms. The van der Waals surface area contributed by atoms with Crippen LogP contribution in [-0.4, -0.2) is 20.6 Å². The van der Waals surface area contributed by atoms with Crippen LogP contribution in [0.2, 0.25) is 0 Å². The largest absolute Gasteiger partial charge is 0.481 e. The molecule has 36 heavy (non-hydrogen) atoms. The third-order valence-electron chi connectivity index (χ3n) is 6.86. The summed E-state index contributed by atoms with van der Waals surface area (Å²) in [5, 5.41) is 9.32. The van der Waals surface area contributed by atoms with Crippen LogP contribution in [0.4, 0.5) is 0 Å². The Morgan fingerprint density at radius 2 is 1.22 bits per heavy atom. The quantitative estimate of drug-likeness (QED) is 0.207. The van der Waals surface area contributed by atoms with E-state index in [1.807, 2.05) is 26.0 Å². The number of aromatic nitrogens is 2. The van der Waals surface area contributed by atoms with Crippen molar-refractivity contribution in [2.75, 3.05) is 0 Å². The summed E-state index contributed by atoms with van der Waals surface area (Å²) in [6, 6.07) is 31.4. The van der Waals surface area contributed by atoms with E-state index in [-0.39, 0.29) is 0 Å². The average molecular weight is 481 g/mol. The maximum absolute atomic E-state index is 11.3. The number of hydrogen-bond acceptors (Lipinski definition) is 2. The fraction of sp³-hybridized carbons (Fsp3) is 0.312. The van der Waals surface area contributed by atoms with Gasteiger partial charge in [0.2, 0.25) is 0 Å². The first-order chi connectivity index (χ1) is 17.5. The highest BCUT2D eigenvalue weighted by molar-refractivity contribution is 5.82. The molecular weight excluding hydrogens is 444 g/mol. The molecule has 0 aliphatic carbocycles. The zero-order valence-corrected chi connectivity index (χ0v) is 21.4. The van der Waals surface area contributed by atoms with Gasteiger partial charge in [-0.15, -0.1) is 0 Å². The van der Waals surface area contributed by atoms with E-state index >= 15 is 0 Å².